The molecule has 6 heteroatoms. The summed E-state index contributed by atoms with van der Waals surface area (Å²) in [5.41, 5.74) is 0.910. The van der Waals surface area contributed by atoms with Gasteiger partial charge in [-0.2, -0.15) is 0 Å². The monoisotopic (exact) mass is 317 g/mol. The minimum absolute atomic E-state index is 0.0139. The average Bonchev–Trinajstić information content (AvgIpc) is 2.36. The van der Waals surface area contributed by atoms with Crippen LogP contribution in [-0.2, 0) is 20.3 Å². The molecule has 0 saturated carbocycles. The van der Waals surface area contributed by atoms with Crippen molar-refractivity contribution in [3.8, 4) is 0 Å². The van der Waals surface area contributed by atoms with Crippen molar-refractivity contribution in [2.75, 3.05) is 0 Å². The minimum Gasteiger partial charge on any atom is -0.354 e. The average molecular weight is 318 g/mol. The van der Waals surface area contributed by atoms with Crippen LogP contribution >= 0.6 is 10.7 Å². The normalized spacial score (nSPS) is 12.9. The minimum atomic E-state index is -3.68. The van der Waals surface area contributed by atoms with E-state index in [1.54, 1.807) is 12.1 Å². The van der Waals surface area contributed by atoms with Crippen LogP contribution in [0.4, 0.5) is 0 Å². The summed E-state index contributed by atoms with van der Waals surface area (Å²) in [4.78, 5) is 11.8. The largest absolute Gasteiger partial charge is 0.354 e. The predicted molar refractivity (Wildman–Crippen MR) is 80.3 cm³/mol. The Kier molecular flexibility index (Phi) is 6.49. The van der Waals surface area contributed by atoms with Crippen LogP contribution < -0.4 is 5.32 Å². The van der Waals surface area contributed by atoms with E-state index in [2.05, 4.69) is 12.2 Å². The number of rotatable bonds is 7. The Labute approximate surface area is 124 Å². The molecule has 0 spiro atoms. The molecule has 20 heavy (non-hydrogen) atoms. The highest BCUT2D eigenvalue weighted by Crippen LogP contribution is 2.16. The Hall–Kier alpha value is -1.07. The molecule has 0 aliphatic carbocycles. The van der Waals surface area contributed by atoms with Crippen molar-refractivity contribution in [3.05, 3.63) is 29.8 Å². The number of hydrogen-bond acceptors (Lipinski definition) is 3. The fourth-order valence-corrected chi connectivity index (χ4v) is 2.70. The molecule has 0 bridgehead atoms. The molecule has 1 aromatic rings. The lowest BCUT2D eigenvalue weighted by Crippen LogP contribution is -2.32. The standard InChI is InChI=1S/C14H20ClNO3S/c1-3-4-11(2)16-14(17)10-7-12-5-8-13(9-6-12)20(15,18)19/h5-6,8-9,11H,3-4,7,10H2,1-2H3,(H,16,17). The zero-order valence-electron chi connectivity index (χ0n) is 11.7. The molecule has 1 N–H and O–H groups in total. The SMILES string of the molecule is CCCC(C)NC(=O)CCc1ccc(S(=O)(=O)Cl)cc1. The maximum absolute atomic E-state index is 11.7. The van der Waals surface area contributed by atoms with Gasteiger partial charge in [0, 0.05) is 23.1 Å². The summed E-state index contributed by atoms with van der Waals surface area (Å²) < 4.78 is 22.2. The summed E-state index contributed by atoms with van der Waals surface area (Å²) in [5.74, 6) is 0.0139. The highest BCUT2D eigenvalue weighted by molar-refractivity contribution is 8.13. The molecule has 1 aromatic carbocycles. The zero-order chi connectivity index (χ0) is 15.2. The lowest BCUT2D eigenvalue weighted by Gasteiger charge is -2.12. The van der Waals surface area contributed by atoms with E-state index in [1.165, 1.54) is 12.1 Å². The van der Waals surface area contributed by atoms with Crippen molar-refractivity contribution in [1.82, 2.24) is 5.32 Å². The lowest BCUT2D eigenvalue weighted by molar-refractivity contribution is -0.121. The molecule has 0 aliphatic heterocycles. The molecule has 112 valence electrons. The van der Waals surface area contributed by atoms with E-state index >= 15 is 0 Å². The van der Waals surface area contributed by atoms with Gasteiger partial charge in [-0.3, -0.25) is 4.79 Å². The van der Waals surface area contributed by atoms with E-state index in [4.69, 9.17) is 10.7 Å². The van der Waals surface area contributed by atoms with Crippen LogP contribution in [-0.4, -0.2) is 20.4 Å². The summed E-state index contributed by atoms with van der Waals surface area (Å²) in [6.07, 6.45) is 2.97. The Balaban J connectivity index is 2.48. The maximum Gasteiger partial charge on any atom is 0.261 e. The van der Waals surface area contributed by atoms with Gasteiger partial charge in [0.2, 0.25) is 5.91 Å². The topological polar surface area (TPSA) is 63.2 Å². The van der Waals surface area contributed by atoms with E-state index in [0.29, 0.717) is 12.8 Å². The van der Waals surface area contributed by atoms with Crippen LogP contribution in [0, 0.1) is 0 Å². The Morgan fingerprint density at radius 2 is 1.90 bits per heavy atom. The molecule has 1 amide bonds. The molecule has 0 saturated heterocycles. The maximum atomic E-state index is 11.7. The second kappa shape index (κ2) is 7.64. The lowest BCUT2D eigenvalue weighted by atomic mass is 10.1. The Morgan fingerprint density at radius 1 is 1.30 bits per heavy atom. The van der Waals surface area contributed by atoms with Crippen molar-refractivity contribution in [3.63, 3.8) is 0 Å². The van der Waals surface area contributed by atoms with Crippen molar-refractivity contribution < 1.29 is 13.2 Å². The Morgan fingerprint density at radius 3 is 2.40 bits per heavy atom. The van der Waals surface area contributed by atoms with Crippen molar-refractivity contribution >= 4 is 25.6 Å². The van der Waals surface area contributed by atoms with Crippen molar-refractivity contribution in [1.29, 1.82) is 0 Å². The van der Waals surface area contributed by atoms with E-state index < -0.39 is 9.05 Å². The molecule has 0 fully saturated rings. The molecular formula is C14H20ClNO3S. The molecule has 0 aliphatic rings. The quantitative estimate of drug-likeness (QED) is 0.786. The highest BCUT2D eigenvalue weighted by atomic mass is 35.7. The molecule has 4 nitrogen and oxygen atoms in total. The van der Waals surface area contributed by atoms with Crippen molar-refractivity contribution in [2.24, 2.45) is 0 Å². The molecule has 0 radical (unpaired) electrons. The smallest absolute Gasteiger partial charge is 0.261 e. The number of benzene rings is 1. The van der Waals surface area contributed by atoms with Crippen LogP contribution in [0.25, 0.3) is 0 Å². The van der Waals surface area contributed by atoms with Gasteiger partial charge in [0.25, 0.3) is 9.05 Å². The van der Waals surface area contributed by atoms with Gasteiger partial charge in [0.15, 0.2) is 0 Å². The third-order valence-corrected chi connectivity index (χ3v) is 4.34. The second-order valence-electron chi connectivity index (χ2n) is 4.84. The molecule has 0 aromatic heterocycles. The number of carbonyl (C=O) groups is 1. The molecule has 0 heterocycles. The number of halogens is 1. The number of amides is 1. The van der Waals surface area contributed by atoms with Crippen LogP contribution in [0.3, 0.4) is 0 Å². The van der Waals surface area contributed by atoms with Gasteiger partial charge in [-0.05, 0) is 37.5 Å². The second-order valence-corrected chi connectivity index (χ2v) is 7.40. The molecule has 1 atom stereocenters. The van der Waals surface area contributed by atoms with E-state index in [9.17, 15) is 13.2 Å². The van der Waals surface area contributed by atoms with Crippen LogP contribution in [0.2, 0.25) is 0 Å². The summed E-state index contributed by atoms with van der Waals surface area (Å²) in [6, 6.07) is 6.46. The number of nitrogens with one attached hydrogen (secondary N) is 1. The molecule has 1 rings (SSSR count). The van der Waals surface area contributed by atoms with Crippen LogP contribution in [0.1, 0.15) is 38.7 Å². The first kappa shape index (κ1) is 17.0. The van der Waals surface area contributed by atoms with Gasteiger partial charge in [0.1, 0.15) is 0 Å². The highest BCUT2D eigenvalue weighted by Gasteiger charge is 2.10. The van der Waals surface area contributed by atoms with Crippen LogP contribution in [0.15, 0.2) is 29.2 Å². The van der Waals surface area contributed by atoms with E-state index in [0.717, 1.165) is 18.4 Å². The van der Waals surface area contributed by atoms with Gasteiger partial charge in [-0.25, -0.2) is 8.42 Å². The summed E-state index contributed by atoms with van der Waals surface area (Å²) in [7, 11) is 1.55. The van der Waals surface area contributed by atoms with Gasteiger partial charge >= 0.3 is 0 Å². The van der Waals surface area contributed by atoms with Gasteiger partial charge in [0.05, 0.1) is 4.90 Å². The molecular weight excluding hydrogens is 298 g/mol. The van der Waals surface area contributed by atoms with Gasteiger partial charge in [-0.1, -0.05) is 25.5 Å². The number of aryl methyl sites for hydroxylation is 1. The number of hydrogen-bond donors (Lipinski definition) is 1. The fraction of sp³-hybridized carbons (Fsp3) is 0.500. The van der Waals surface area contributed by atoms with E-state index in [1.807, 2.05) is 6.92 Å². The zero-order valence-corrected chi connectivity index (χ0v) is 13.3. The Bertz CT molecular complexity index is 540. The van der Waals surface area contributed by atoms with E-state index in [-0.39, 0.29) is 16.8 Å². The predicted octanol–water partition coefficient (Wildman–Crippen LogP) is 2.85. The first-order valence-corrected chi connectivity index (χ1v) is 8.97. The van der Waals surface area contributed by atoms with Crippen LogP contribution in [0.5, 0.6) is 0 Å². The summed E-state index contributed by atoms with van der Waals surface area (Å²) in [5, 5.41) is 2.93. The third-order valence-electron chi connectivity index (χ3n) is 2.97. The summed E-state index contributed by atoms with van der Waals surface area (Å²) >= 11 is 0. The third kappa shape index (κ3) is 5.92. The molecule has 1 unspecified atom stereocenters. The summed E-state index contributed by atoms with van der Waals surface area (Å²) in [6.45, 7) is 4.07. The number of carbonyl (C=O) groups excluding carboxylic acids is 1. The van der Waals surface area contributed by atoms with Crippen molar-refractivity contribution in [2.45, 2.75) is 50.5 Å². The first-order chi connectivity index (χ1) is 9.32. The first-order valence-electron chi connectivity index (χ1n) is 6.66. The van der Waals surface area contributed by atoms with Gasteiger partial charge in [-0.15, -0.1) is 0 Å². The van der Waals surface area contributed by atoms with Gasteiger partial charge < -0.3 is 5.32 Å². The fourth-order valence-electron chi connectivity index (χ4n) is 1.93.